The van der Waals surface area contributed by atoms with Crippen LogP contribution in [0.25, 0.3) is 0 Å². The molecule has 5 heteroatoms. The summed E-state index contributed by atoms with van der Waals surface area (Å²) in [5.41, 5.74) is 0.726. The van der Waals surface area contributed by atoms with Crippen LogP contribution >= 0.6 is 0 Å². The van der Waals surface area contributed by atoms with Crippen molar-refractivity contribution in [3.8, 4) is 0 Å². The van der Waals surface area contributed by atoms with E-state index in [4.69, 9.17) is 0 Å². The molecule has 1 rings (SSSR count). The van der Waals surface area contributed by atoms with E-state index < -0.39 is 10.1 Å². The minimum Gasteiger partial charge on any atom is -0.282 e. The maximum atomic E-state index is 11.3. The van der Waals surface area contributed by atoms with Gasteiger partial charge in [0.15, 0.2) is 0 Å². The molecule has 0 bridgehead atoms. The zero-order valence-corrected chi connectivity index (χ0v) is 19.0. The van der Waals surface area contributed by atoms with Gasteiger partial charge in [-0.15, -0.1) is 0 Å². The minimum absolute atomic E-state index is 0. The van der Waals surface area contributed by atoms with E-state index in [2.05, 4.69) is 6.92 Å². The summed E-state index contributed by atoms with van der Waals surface area (Å²) in [6.45, 7) is 2.24. The molecule has 0 unspecified atom stereocenters. The van der Waals surface area contributed by atoms with E-state index in [-0.39, 0.29) is 32.2 Å². The van der Waals surface area contributed by atoms with E-state index in [1.807, 2.05) is 6.07 Å². The standard InChI is InChI=1S/C18H30O3S.Pb/c1-2-3-4-5-6-7-8-9-10-11-14-17-15-12-13-16-18(17)22(19,20)21;/h12-13,15-16H,2-11,14H2,1H3,(H,19,20,21);. The quantitative estimate of drug-likeness (QED) is 0.233. The van der Waals surface area contributed by atoms with Crippen molar-refractivity contribution in [1.29, 1.82) is 0 Å². The van der Waals surface area contributed by atoms with Gasteiger partial charge in [0.05, 0.1) is 4.90 Å². The molecular formula is C18H30O3PbS. The van der Waals surface area contributed by atoms with E-state index >= 15 is 0 Å². The number of hydrogen-bond donors (Lipinski definition) is 1. The predicted molar refractivity (Wildman–Crippen MR) is 97.6 cm³/mol. The van der Waals surface area contributed by atoms with Gasteiger partial charge in [0.2, 0.25) is 0 Å². The van der Waals surface area contributed by atoms with Crippen LogP contribution in [0.2, 0.25) is 0 Å². The van der Waals surface area contributed by atoms with Gasteiger partial charge in [-0.1, -0.05) is 82.9 Å². The number of hydrogen-bond acceptors (Lipinski definition) is 2. The minimum atomic E-state index is -4.10. The summed E-state index contributed by atoms with van der Waals surface area (Å²) in [4.78, 5) is 0.0610. The molecule has 3 nitrogen and oxygen atoms in total. The summed E-state index contributed by atoms with van der Waals surface area (Å²) >= 11 is 0. The van der Waals surface area contributed by atoms with E-state index in [0.29, 0.717) is 6.42 Å². The Morgan fingerprint density at radius 3 is 1.83 bits per heavy atom. The monoisotopic (exact) mass is 534 g/mol. The van der Waals surface area contributed by atoms with Crippen molar-refractivity contribution in [1.82, 2.24) is 0 Å². The Hall–Kier alpha value is 0.0521. The molecule has 23 heavy (non-hydrogen) atoms. The van der Waals surface area contributed by atoms with Crippen LogP contribution in [-0.4, -0.2) is 40.3 Å². The molecule has 1 N–H and O–H groups in total. The third-order valence-electron chi connectivity index (χ3n) is 4.05. The molecule has 0 spiro atoms. The van der Waals surface area contributed by atoms with Crippen molar-refractivity contribution in [2.24, 2.45) is 0 Å². The van der Waals surface area contributed by atoms with Crippen LogP contribution in [0.4, 0.5) is 0 Å². The molecule has 1 aromatic rings. The molecule has 130 valence electrons. The molecule has 1 aromatic carbocycles. The summed E-state index contributed by atoms with van der Waals surface area (Å²) in [7, 11) is -4.10. The van der Waals surface area contributed by atoms with Crippen molar-refractivity contribution in [3.63, 3.8) is 0 Å². The Labute approximate surface area is 162 Å². The van der Waals surface area contributed by atoms with Crippen LogP contribution in [0.3, 0.4) is 0 Å². The fourth-order valence-corrected chi connectivity index (χ4v) is 3.52. The first-order chi connectivity index (χ1) is 10.6. The molecular weight excluding hydrogens is 503 g/mol. The SMILES string of the molecule is CCCCCCCCCCCCc1ccccc1S(=O)(=O)O.[Pb]. The third-order valence-corrected chi connectivity index (χ3v) is 5.00. The van der Waals surface area contributed by atoms with Crippen LogP contribution in [0.15, 0.2) is 29.2 Å². The zero-order chi connectivity index (χ0) is 16.3. The first-order valence-electron chi connectivity index (χ1n) is 8.61. The molecule has 0 fully saturated rings. The molecule has 0 atom stereocenters. The van der Waals surface area contributed by atoms with E-state index in [9.17, 15) is 13.0 Å². The molecule has 0 amide bonds. The summed E-state index contributed by atoms with van der Waals surface area (Å²) in [6.07, 6.45) is 13.3. The maximum absolute atomic E-state index is 11.3. The summed E-state index contributed by atoms with van der Waals surface area (Å²) < 4.78 is 31.8. The average molecular weight is 534 g/mol. The number of rotatable bonds is 12. The molecule has 0 heterocycles. The zero-order valence-electron chi connectivity index (χ0n) is 14.3. The third kappa shape index (κ3) is 10.5. The fraction of sp³-hybridized carbons (Fsp3) is 0.667. The maximum Gasteiger partial charge on any atom is 0.294 e. The second kappa shape index (κ2) is 13.4. The Kier molecular flexibility index (Phi) is 13.4. The van der Waals surface area contributed by atoms with Gasteiger partial charge in [-0.3, -0.25) is 4.55 Å². The smallest absolute Gasteiger partial charge is 0.282 e. The fourth-order valence-electron chi connectivity index (χ4n) is 2.76. The Bertz CT molecular complexity index is 515. The van der Waals surface area contributed by atoms with Gasteiger partial charge in [0.1, 0.15) is 0 Å². The van der Waals surface area contributed by atoms with Crippen LogP contribution in [0.5, 0.6) is 0 Å². The first kappa shape index (κ1) is 23.1. The van der Waals surface area contributed by atoms with Gasteiger partial charge >= 0.3 is 0 Å². The van der Waals surface area contributed by atoms with Crippen molar-refractivity contribution >= 4 is 37.4 Å². The molecule has 0 saturated heterocycles. The summed E-state index contributed by atoms with van der Waals surface area (Å²) in [5.74, 6) is 0. The van der Waals surface area contributed by atoms with Crippen LogP contribution in [-0.2, 0) is 16.5 Å². The summed E-state index contributed by atoms with van der Waals surface area (Å²) in [5, 5.41) is 0. The second-order valence-electron chi connectivity index (χ2n) is 6.01. The predicted octanol–water partition coefficient (Wildman–Crippen LogP) is 5.02. The molecule has 0 aromatic heterocycles. The van der Waals surface area contributed by atoms with Gasteiger partial charge in [0.25, 0.3) is 10.1 Å². The van der Waals surface area contributed by atoms with Crippen molar-refractivity contribution in [2.75, 3.05) is 0 Å². The Balaban J connectivity index is 0.00000484. The Morgan fingerprint density at radius 1 is 0.826 bits per heavy atom. The van der Waals surface area contributed by atoms with Gasteiger partial charge in [0, 0.05) is 27.3 Å². The van der Waals surface area contributed by atoms with Crippen molar-refractivity contribution < 1.29 is 13.0 Å². The van der Waals surface area contributed by atoms with Crippen molar-refractivity contribution in [3.05, 3.63) is 29.8 Å². The van der Waals surface area contributed by atoms with E-state index in [1.165, 1.54) is 57.4 Å². The topological polar surface area (TPSA) is 54.4 Å². The van der Waals surface area contributed by atoms with Crippen LogP contribution in [0, 0.1) is 0 Å². The summed E-state index contributed by atoms with van der Waals surface area (Å²) in [6, 6.07) is 6.73. The van der Waals surface area contributed by atoms with Gasteiger partial charge in [-0.2, -0.15) is 8.42 Å². The van der Waals surface area contributed by atoms with E-state index in [0.717, 1.165) is 18.4 Å². The number of benzene rings is 1. The van der Waals surface area contributed by atoms with Gasteiger partial charge in [-0.05, 0) is 24.5 Å². The van der Waals surface area contributed by atoms with Gasteiger partial charge < -0.3 is 0 Å². The second-order valence-corrected chi connectivity index (χ2v) is 7.40. The Morgan fingerprint density at radius 2 is 1.30 bits per heavy atom. The van der Waals surface area contributed by atoms with Crippen LogP contribution < -0.4 is 0 Å². The normalized spacial score (nSPS) is 11.2. The largest absolute Gasteiger partial charge is 0.294 e. The van der Waals surface area contributed by atoms with E-state index in [1.54, 1.807) is 12.1 Å². The molecule has 4 radical (unpaired) electrons. The average Bonchev–Trinajstić information content (AvgIpc) is 2.48. The molecule has 0 aliphatic rings. The molecule has 0 saturated carbocycles. The molecule has 0 aliphatic carbocycles. The van der Waals surface area contributed by atoms with Crippen molar-refractivity contribution in [2.45, 2.75) is 82.4 Å². The number of aryl methyl sites for hydroxylation is 1. The van der Waals surface area contributed by atoms with Crippen LogP contribution in [0.1, 0.15) is 76.7 Å². The van der Waals surface area contributed by atoms with Gasteiger partial charge in [-0.25, -0.2) is 0 Å². The first-order valence-corrected chi connectivity index (χ1v) is 10.0. The molecule has 0 aliphatic heterocycles. The number of unbranched alkanes of at least 4 members (excludes halogenated alkanes) is 9.